The third kappa shape index (κ3) is 2.65. The van der Waals surface area contributed by atoms with Crippen LogP contribution in [0.3, 0.4) is 0 Å². The predicted molar refractivity (Wildman–Crippen MR) is 73.4 cm³/mol. The van der Waals surface area contributed by atoms with E-state index >= 15 is 0 Å². The molecule has 90 valence electrons. The third-order valence-corrected chi connectivity index (χ3v) is 3.57. The van der Waals surface area contributed by atoms with Crippen LogP contribution in [-0.2, 0) is 0 Å². The fourth-order valence-corrected chi connectivity index (χ4v) is 2.56. The van der Waals surface area contributed by atoms with E-state index in [4.69, 9.17) is 28.5 Å². The van der Waals surface area contributed by atoms with E-state index in [1.54, 1.807) is 23.6 Å². The number of carbonyl (C=O) groups excluding carboxylic acids is 1. The van der Waals surface area contributed by atoms with Crippen LogP contribution in [-0.4, -0.2) is 5.91 Å². The van der Waals surface area contributed by atoms with Crippen molar-refractivity contribution in [3.05, 3.63) is 50.8 Å². The quantitative estimate of drug-likeness (QED) is 0.904. The van der Waals surface area contributed by atoms with Gasteiger partial charge in [0, 0.05) is 5.02 Å². The summed E-state index contributed by atoms with van der Waals surface area (Å²) in [5.74, 6) is -0.365. The molecule has 0 bridgehead atoms. The first-order valence-corrected chi connectivity index (χ1v) is 6.49. The van der Waals surface area contributed by atoms with E-state index in [2.05, 4.69) is 5.32 Å². The second-order valence-corrected chi connectivity index (χ2v) is 5.11. The van der Waals surface area contributed by atoms with Gasteiger partial charge in [0.05, 0.1) is 16.1 Å². The van der Waals surface area contributed by atoms with Crippen molar-refractivity contribution in [3.63, 3.8) is 0 Å². The fourth-order valence-electron chi connectivity index (χ4n) is 1.34. The Labute approximate surface area is 118 Å². The first-order chi connectivity index (χ1) is 8.61. The summed E-state index contributed by atoms with van der Waals surface area (Å²) in [5.41, 5.74) is 0.747. The van der Waals surface area contributed by atoms with Crippen LogP contribution in [0.25, 0.3) is 0 Å². The minimum absolute atomic E-state index is 0.273. The summed E-state index contributed by atoms with van der Waals surface area (Å²) in [7, 11) is 0. The monoisotopic (exact) mass is 296 g/mol. The Morgan fingerprint density at radius 1 is 1.33 bits per heavy atom. The number of hydrogen-bond acceptors (Lipinski definition) is 3. The second-order valence-electron chi connectivity index (χ2n) is 3.35. The highest BCUT2D eigenvalue weighted by Gasteiger charge is 2.13. The third-order valence-electron chi connectivity index (χ3n) is 2.19. The number of nitrogens with one attached hydrogen (secondary N) is 1. The van der Waals surface area contributed by atoms with Gasteiger partial charge in [0.25, 0.3) is 5.91 Å². The van der Waals surface area contributed by atoms with Gasteiger partial charge in [-0.25, -0.2) is 0 Å². The molecule has 0 radical (unpaired) electrons. The van der Waals surface area contributed by atoms with Gasteiger partial charge in [0.15, 0.2) is 0 Å². The summed E-state index contributed by atoms with van der Waals surface area (Å²) in [6.45, 7) is 0. The lowest BCUT2D eigenvalue weighted by Gasteiger charge is -2.05. The molecule has 0 aliphatic heterocycles. The highest BCUT2D eigenvalue weighted by Crippen LogP contribution is 2.25. The normalized spacial score (nSPS) is 9.83. The molecule has 0 saturated heterocycles. The van der Waals surface area contributed by atoms with Gasteiger partial charge in [-0.15, -0.1) is 11.3 Å². The number of hydrogen-bond donors (Lipinski definition) is 1. The number of anilines is 1. The van der Waals surface area contributed by atoms with Crippen LogP contribution < -0.4 is 5.32 Å². The Hall–Kier alpha value is -1.54. The molecule has 0 spiro atoms. The van der Waals surface area contributed by atoms with Gasteiger partial charge in [-0.3, -0.25) is 4.79 Å². The summed E-state index contributed by atoms with van der Waals surface area (Å²) < 4.78 is 0. The molecule has 18 heavy (non-hydrogen) atoms. The number of halogens is 2. The van der Waals surface area contributed by atoms with Crippen molar-refractivity contribution < 1.29 is 4.79 Å². The zero-order valence-electron chi connectivity index (χ0n) is 8.91. The Bertz CT molecular complexity index is 646. The summed E-state index contributed by atoms with van der Waals surface area (Å²) in [4.78, 5) is 12.0. The Morgan fingerprint density at radius 2 is 2.11 bits per heavy atom. The molecule has 0 atom stereocenters. The Balaban J connectivity index is 2.25. The van der Waals surface area contributed by atoms with E-state index in [1.165, 1.54) is 17.4 Å². The summed E-state index contributed by atoms with van der Waals surface area (Å²) in [6, 6.07) is 8.26. The van der Waals surface area contributed by atoms with Gasteiger partial charge in [0.2, 0.25) is 0 Å². The Kier molecular flexibility index (Phi) is 3.87. The maximum Gasteiger partial charge on any atom is 0.257 e. The van der Waals surface area contributed by atoms with Gasteiger partial charge in [-0.2, -0.15) is 5.26 Å². The second kappa shape index (κ2) is 5.40. The number of thiophene rings is 1. The van der Waals surface area contributed by atoms with Crippen LogP contribution in [0.1, 0.15) is 15.9 Å². The van der Waals surface area contributed by atoms with Crippen LogP contribution in [0.4, 0.5) is 5.00 Å². The van der Waals surface area contributed by atoms with Gasteiger partial charge in [0.1, 0.15) is 11.1 Å². The summed E-state index contributed by atoms with van der Waals surface area (Å²) in [6.07, 6.45) is 0. The van der Waals surface area contributed by atoms with Crippen molar-refractivity contribution in [1.29, 1.82) is 5.26 Å². The lowest BCUT2D eigenvalue weighted by molar-refractivity contribution is 0.102. The van der Waals surface area contributed by atoms with E-state index in [0.717, 1.165) is 0 Å². The van der Waals surface area contributed by atoms with Crippen molar-refractivity contribution in [2.24, 2.45) is 0 Å². The molecule has 1 aromatic heterocycles. The molecule has 0 saturated carbocycles. The predicted octanol–water partition coefficient (Wildman–Crippen LogP) is 4.18. The van der Waals surface area contributed by atoms with Crippen LogP contribution in [0.5, 0.6) is 0 Å². The van der Waals surface area contributed by atoms with Crippen LogP contribution in [0, 0.1) is 11.3 Å². The van der Waals surface area contributed by atoms with Gasteiger partial charge in [-0.05, 0) is 29.6 Å². The van der Waals surface area contributed by atoms with Crippen LogP contribution in [0.15, 0.2) is 29.6 Å². The molecule has 6 heteroatoms. The maximum atomic E-state index is 12.0. The first-order valence-electron chi connectivity index (χ1n) is 4.86. The smallest absolute Gasteiger partial charge is 0.257 e. The number of carbonyl (C=O) groups is 1. The Morgan fingerprint density at radius 3 is 2.78 bits per heavy atom. The van der Waals surface area contributed by atoms with Crippen molar-refractivity contribution in [2.45, 2.75) is 0 Å². The largest absolute Gasteiger partial charge is 0.312 e. The topological polar surface area (TPSA) is 52.9 Å². The van der Waals surface area contributed by atoms with Gasteiger partial charge in [-0.1, -0.05) is 23.2 Å². The molecule has 0 fully saturated rings. The van der Waals surface area contributed by atoms with E-state index in [9.17, 15) is 4.79 Å². The van der Waals surface area contributed by atoms with E-state index in [0.29, 0.717) is 21.2 Å². The van der Waals surface area contributed by atoms with Crippen molar-refractivity contribution >= 4 is 45.4 Å². The average molecular weight is 297 g/mol. The molecular weight excluding hydrogens is 291 g/mol. The number of nitrogens with zero attached hydrogens (tertiary/aromatic N) is 1. The molecule has 0 aliphatic carbocycles. The molecule has 2 rings (SSSR count). The molecule has 3 nitrogen and oxygen atoms in total. The van der Waals surface area contributed by atoms with Crippen molar-refractivity contribution in [3.8, 4) is 6.07 Å². The maximum absolute atomic E-state index is 12.0. The molecular formula is C12H6Cl2N2OS. The number of rotatable bonds is 2. The van der Waals surface area contributed by atoms with E-state index < -0.39 is 0 Å². The lowest BCUT2D eigenvalue weighted by atomic mass is 10.2. The molecule has 0 unspecified atom stereocenters. The molecule has 1 amide bonds. The van der Waals surface area contributed by atoms with Crippen molar-refractivity contribution in [2.75, 3.05) is 5.32 Å². The highest BCUT2D eigenvalue weighted by molar-refractivity contribution is 7.14. The summed E-state index contributed by atoms with van der Waals surface area (Å²) in [5, 5.41) is 14.5. The minimum atomic E-state index is -0.365. The fraction of sp³-hybridized carbons (Fsp3) is 0. The first kappa shape index (κ1) is 12.9. The number of benzene rings is 1. The molecule has 1 N–H and O–H groups in total. The summed E-state index contributed by atoms with van der Waals surface area (Å²) >= 11 is 13.0. The zero-order valence-corrected chi connectivity index (χ0v) is 11.2. The minimum Gasteiger partial charge on any atom is -0.312 e. The average Bonchev–Trinajstić information content (AvgIpc) is 2.76. The molecule has 1 aromatic carbocycles. The standard InChI is InChI=1S/C12H6Cl2N2OS/c13-8-1-2-9(10(14)5-8)11(17)16-12-7(6-15)3-4-18-12/h1-5H,(H,16,17). The van der Waals surface area contributed by atoms with E-state index in [-0.39, 0.29) is 10.9 Å². The lowest BCUT2D eigenvalue weighted by Crippen LogP contribution is -2.12. The van der Waals surface area contributed by atoms with Crippen LogP contribution >= 0.6 is 34.5 Å². The molecule has 2 aromatic rings. The number of amides is 1. The van der Waals surface area contributed by atoms with E-state index in [1.807, 2.05) is 6.07 Å². The SMILES string of the molecule is N#Cc1ccsc1NC(=O)c1ccc(Cl)cc1Cl. The van der Waals surface area contributed by atoms with Gasteiger partial charge >= 0.3 is 0 Å². The molecule has 1 heterocycles. The molecule has 0 aliphatic rings. The highest BCUT2D eigenvalue weighted by atomic mass is 35.5. The zero-order chi connectivity index (χ0) is 13.1. The van der Waals surface area contributed by atoms with Gasteiger partial charge < -0.3 is 5.32 Å². The van der Waals surface area contributed by atoms with Crippen molar-refractivity contribution in [1.82, 2.24) is 0 Å². The number of nitriles is 1. The van der Waals surface area contributed by atoms with Crippen LogP contribution in [0.2, 0.25) is 10.0 Å².